The maximum atomic E-state index is 11.9. The van der Waals surface area contributed by atoms with Gasteiger partial charge in [-0.2, -0.15) is 0 Å². The van der Waals surface area contributed by atoms with Crippen LogP contribution < -0.4 is 10.6 Å². The number of carboxylic acid groups (broad SMARTS) is 1. The normalized spacial score (nSPS) is 21.1. The second-order valence-electron chi connectivity index (χ2n) is 9.75. The zero-order valence-corrected chi connectivity index (χ0v) is 19.1. The van der Waals surface area contributed by atoms with Gasteiger partial charge in [0.15, 0.2) is 0 Å². The Morgan fingerprint density at radius 1 is 1.39 bits per heavy atom. The van der Waals surface area contributed by atoms with E-state index in [-0.39, 0.29) is 0 Å². The third-order valence-electron chi connectivity index (χ3n) is 5.93. The van der Waals surface area contributed by atoms with E-state index in [4.69, 9.17) is 9.72 Å². The zero-order chi connectivity index (χ0) is 22.6. The Morgan fingerprint density at radius 2 is 2.16 bits per heavy atom. The van der Waals surface area contributed by atoms with Crippen molar-refractivity contribution in [2.75, 3.05) is 25.5 Å². The highest BCUT2D eigenvalue weighted by Crippen LogP contribution is 2.38. The van der Waals surface area contributed by atoms with E-state index in [1.54, 1.807) is 20.8 Å². The molecule has 3 unspecified atom stereocenters. The van der Waals surface area contributed by atoms with Gasteiger partial charge in [-0.05, 0) is 83.9 Å². The predicted molar refractivity (Wildman–Crippen MR) is 119 cm³/mol. The number of hydrogen-bond acceptors (Lipinski definition) is 6. The summed E-state index contributed by atoms with van der Waals surface area (Å²) in [5.41, 5.74) is 1.79. The summed E-state index contributed by atoms with van der Waals surface area (Å²) in [6, 6.07) is 3.85. The van der Waals surface area contributed by atoms with Gasteiger partial charge in [0.05, 0.1) is 0 Å². The molecule has 1 saturated carbocycles. The number of aryl methyl sites for hydroxylation is 2. The third kappa shape index (κ3) is 7.09. The monoisotopic (exact) mass is 432 g/mol. The van der Waals surface area contributed by atoms with E-state index in [1.165, 1.54) is 12.0 Å². The van der Waals surface area contributed by atoms with Gasteiger partial charge in [-0.3, -0.25) is 0 Å². The van der Waals surface area contributed by atoms with Crippen LogP contribution in [-0.4, -0.2) is 64.9 Å². The van der Waals surface area contributed by atoms with Gasteiger partial charge in [-0.15, -0.1) is 0 Å². The fourth-order valence-electron chi connectivity index (χ4n) is 4.13. The number of rotatable bonds is 9. The molecule has 0 spiro atoms. The minimum Gasteiger partial charge on any atom is -0.480 e. The van der Waals surface area contributed by atoms with E-state index in [1.807, 2.05) is 7.05 Å². The molecular formula is C23H36N4O4. The second kappa shape index (κ2) is 9.85. The smallest absolute Gasteiger partial charge is 0.408 e. The summed E-state index contributed by atoms with van der Waals surface area (Å²) in [4.78, 5) is 30.4. The number of nitrogens with one attached hydrogen (secondary N) is 2. The number of nitrogens with zero attached hydrogens (tertiary/aromatic N) is 2. The van der Waals surface area contributed by atoms with Crippen molar-refractivity contribution >= 4 is 17.9 Å². The van der Waals surface area contributed by atoms with Crippen LogP contribution in [-0.2, 0) is 22.4 Å². The number of aromatic nitrogens is 1. The standard InChI is InChI=1S/C23H36N4O4/c1-23(2,3)31-22(30)26-18(21(28)29)11-13-27(4)19-14-16(19)8-10-17-9-7-15-6-5-12-24-20(15)25-17/h7,9,16,18-19H,5-6,8,10-14H2,1-4H3,(H,24,25)(H,26,30)(H,28,29). The van der Waals surface area contributed by atoms with Gasteiger partial charge in [0.2, 0.25) is 0 Å². The molecule has 0 aromatic carbocycles. The minimum atomic E-state index is -1.04. The van der Waals surface area contributed by atoms with Crippen LogP contribution in [0.1, 0.15) is 57.7 Å². The van der Waals surface area contributed by atoms with Crippen molar-refractivity contribution in [3.63, 3.8) is 0 Å². The first-order valence-corrected chi connectivity index (χ1v) is 11.3. The van der Waals surface area contributed by atoms with Crippen molar-refractivity contribution in [3.8, 4) is 0 Å². The average Bonchev–Trinajstić information content (AvgIpc) is 3.47. The van der Waals surface area contributed by atoms with Crippen molar-refractivity contribution in [3.05, 3.63) is 23.4 Å². The van der Waals surface area contributed by atoms with Crippen LogP contribution in [0.15, 0.2) is 12.1 Å². The highest BCUT2D eigenvalue weighted by molar-refractivity contribution is 5.80. The van der Waals surface area contributed by atoms with Crippen molar-refractivity contribution in [1.29, 1.82) is 0 Å². The first kappa shape index (κ1) is 23.3. The molecule has 1 aromatic rings. The Kier molecular flexibility index (Phi) is 7.41. The van der Waals surface area contributed by atoms with Crippen LogP contribution in [0.2, 0.25) is 0 Å². The predicted octanol–water partition coefficient (Wildman–Crippen LogP) is 3.06. The molecule has 0 radical (unpaired) electrons. The van der Waals surface area contributed by atoms with Crippen molar-refractivity contribution in [1.82, 2.24) is 15.2 Å². The summed E-state index contributed by atoms with van der Waals surface area (Å²) in [6.07, 6.45) is 5.08. The van der Waals surface area contributed by atoms with E-state index >= 15 is 0 Å². The molecule has 2 aliphatic rings. The van der Waals surface area contributed by atoms with Gasteiger partial charge in [0, 0.05) is 24.8 Å². The Hall–Kier alpha value is -2.35. The zero-order valence-electron chi connectivity index (χ0n) is 19.1. The number of carbonyl (C=O) groups is 2. The van der Waals surface area contributed by atoms with Gasteiger partial charge in [0.25, 0.3) is 0 Å². The lowest BCUT2D eigenvalue weighted by Gasteiger charge is -2.23. The molecule has 0 saturated heterocycles. The van der Waals surface area contributed by atoms with Crippen LogP contribution in [0.25, 0.3) is 0 Å². The number of pyridine rings is 1. The van der Waals surface area contributed by atoms with Crippen LogP contribution in [0, 0.1) is 5.92 Å². The van der Waals surface area contributed by atoms with Crippen LogP contribution in [0.3, 0.4) is 0 Å². The second-order valence-corrected chi connectivity index (χ2v) is 9.75. The molecule has 1 aliphatic heterocycles. The SMILES string of the molecule is CN(CCC(NC(=O)OC(C)(C)C)C(=O)O)C1CC1CCc1ccc2c(n1)NCCC2. The van der Waals surface area contributed by atoms with E-state index in [0.717, 1.165) is 43.7 Å². The molecule has 3 rings (SSSR count). The molecule has 172 valence electrons. The number of hydrogen-bond donors (Lipinski definition) is 3. The van der Waals surface area contributed by atoms with E-state index in [9.17, 15) is 14.7 Å². The summed E-state index contributed by atoms with van der Waals surface area (Å²) < 4.78 is 5.17. The largest absolute Gasteiger partial charge is 0.480 e. The minimum absolute atomic E-state index is 0.340. The Morgan fingerprint density at radius 3 is 2.87 bits per heavy atom. The van der Waals surface area contributed by atoms with Gasteiger partial charge in [-0.1, -0.05) is 6.07 Å². The molecule has 2 heterocycles. The highest BCUT2D eigenvalue weighted by Gasteiger charge is 2.39. The molecule has 0 bridgehead atoms. The molecule has 31 heavy (non-hydrogen) atoms. The number of anilines is 1. The summed E-state index contributed by atoms with van der Waals surface area (Å²) in [5, 5.41) is 15.3. The number of carboxylic acids is 1. The summed E-state index contributed by atoms with van der Waals surface area (Å²) in [6.45, 7) is 6.85. The van der Waals surface area contributed by atoms with Crippen LogP contribution >= 0.6 is 0 Å². The highest BCUT2D eigenvalue weighted by atomic mass is 16.6. The third-order valence-corrected chi connectivity index (χ3v) is 5.93. The van der Waals surface area contributed by atoms with Crippen molar-refractivity contribution in [2.45, 2.75) is 77.0 Å². The quantitative estimate of drug-likeness (QED) is 0.551. The molecule has 1 amide bonds. The topological polar surface area (TPSA) is 104 Å². The average molecular weight is 433 g/mol. The molecule has 3 atom stereocenters. The molecular weight excluding hydrogens is 396 g/mol. The maximum Gasteiger partial charge on any atom is 0.408 e. The lowest BCUT2D eigenvalue weighted by Crippen LogP contribution is -2.45. The number of amides is 1. The molecule has 8 nitrogen and oxygen atoms in total. The van der Waals surface area contributed by atoms with Gasteiger partial charge in [-0.25, -0.2) is 14.6 Å². The number of fused-ring (bicyclic) bond motifs is 1. The first-order valence-electron chi connectivity index (χ1n) is 11.3. The number of ether oxygens (including phenoxy) is 1. The Bertz CT molecular complexity index is 792. The van der Waals surface area contributed by atoms with E-state index in [0.29, 0.717) is 24.9 Å². The summed E-state index contributed by atoms with van der Waals surface area (Å²) in [5.74, 6) is 0.613. The van der Waals surface area contributed by atoms with Gasteiger partial charge >= 0.3 is 12.1 Å². The van der Waals surface area contributed by atoms with Crippen molar-refractivity contribution in [2.24, 2.45) is 5.92 Å². The first-order chi connectivity index (χ1) is 14.6. The Labute approximate surface area is 184 Å². The fraction of sp³-hybridized carbons (Fsp3) is 0.696. The number of carbonyl (C=O) groups excluding carboxylic acids is 1. The lowest BCUT2D eigenvalue weighted by molar-refractivity contribution is -0.139. The lowest BCUT2D eigenvalue weighted by atomic mass is 10.1. The van der Waals surface area contributed by atoms with E-state index < -0.39 is 23.7 Å². The van der Waals surface area contributed by atoms with Gasteiger partial charge < -0.3 is 25.4 Å². The molecule has 1 aromatic heterocycles. The molecule has 3 N–H and O–H groups in total. The Balaban J connectivity index is 1.40. The van der Waals surface area contributed by atoms with E-state index in [2.05, 4.69) is 27.7 Å². The van der Waals surface area contributed by atoms with Crippen molar-refractivity contribution < 1.29 is 19.4 Å². The maximum absolute atomic E-state index is 11.9. The van der Waals surface area contributed by atoms with Crippen LogP contribution in [0.5, 0.6) is 0 Å². The summed E-state index contributed by atoms with van der Waals surface area (Å²) in [7, 11) is 2.03. The van der Waals surface area contributed by atoms with Gasteiger partial charge in [0.1, 0.15) is 17.5 Å². The number of aliphatic carboxylic acids is 1. The molecule has 8 heteroatoms. The van der Waals surface area contributed by atoms with Crippen LogP contribution in [0.4, 0.5) is 10.6 Å². The number of alkyl carbamates (subject to hydrolysis) is 1. The molecule has 1 aliphatic carbocycles. The fourth-order valence-corrected chi connectivity index (χ4v) is 4.13. The summed E-state index contributed by atoms with van der Waals surface area (Å²) >= 11 is 0. The molecule has 1 fully saturated rings.